The number of hydrogen-bond donors (Lipinski definition) is 1. The summed E-state index contributed by atoms with van der Waals surface area (Å²) in [6.45, 7) is 6.90. The molecule has 0 saturated heterocycles. The molecule has 1 nitrogen and oxygen atoms in total. The highest BCUT2D eigenvalue weighted by atomic mass is 79.9. The molecule has 1 rings (SSSR count). The summed E-state index contributed by atoms with van der Waals surface area (Å²) in [6, 6.07) is 9.13. The van der Waals surface area contributed by atoms with Gasteiger partial charge in [-0.25, -0.2) is 0 Å². The fourth-order valence-corrected chi connectivity index (χ4v) is 2.38. The van der Waals surface area contributed by atoms with Gasteiger partial charge in [-0.1, -0.05) is 48.8 Å². The van der Waals surface area contributed by atoms with E-state index in [0.717, 1.165) is 10.9 Å². The van der Waals surface area contributed by atoms with Gasteiger partial charge in [0.2, 0.25) is 0 Å². The number of rotatable bonds is 5. The third-order valence-electron chi connectivity index (χ3n) is 3.40. The SMILES string of the molecule is CNC(Cc1cccc(Br)c1)C(C)C(C)C. The summed E-state index contributed by atoms with van der Waals surface area (Å²) in [7, 11) is 2.06. The molecular weight excluding hydrogens is 262 g/mol. The molecule has 1 aromatic rings. The van der Waals surface area contributed by atoms with Crippen molar-refractivity contribution in [3.63, 3.8) is 0 Å². The predicted octanol–water partition coefficient (Wildman–Crippen LogP) is 3.87. The minimum absolute atomic E-state index is 0.550. The van der Waals surface area contributed by atoms with Crippen LogP contribution in [-0.4, -0.2) is 13.1 Å². The number of nitrogens with one attached hydrogen (secondary N) is 1. The maximum absolute atomic E-state index is 3.52. The molecule has 2 heteroatoms. The van der Waals surface area contributed by atoms with E-state index in [1.54, 1.807) is 0 Å². The van der Waals surface area contributed by atoms with Crippen molar-refractivity contribution < 1.29 is 0 Å². The Labute approximate surface area is 108 Å². The number of hydrogen-bond acceptors (Lipinski definition) is 1. The molecular formula is C14H22BrN. The standard InChI is InChI=1S/C14H22BrN/c1-10(2)11(3)14(16-4)9-12-6-5-7-13(15)8-12/h5-8,10-11,14,16H,9H2,1-4H3. The maximum atomic E-state index is 3.52. The number of halogens is 1. The van der Waals surface area contributed by atoms with Crippen molar-refractivity contribution in [3.05, 3.63) is 34.3 Å². The predicted molar refractivity (Wildman–Crippen MR) is 74.7 cm³/mol. The van der Waals surface area contributed by atoms with Crippen LogP contribution in [-0.2, 0) is 6.42 Å². The fraction of sp³-hybridized carbons (Fsp3) is 0.571. The molecule has 90 valence electrons. The van der Waals surface area contributed by atoms with Crippen LogP contribution in [0, 0.1) is 11.8 Å². The monoisotopic (exact) mass is 283 g/mol. The van der Waals surface area contributed by atoms with Crippen LogP contribution >= 0.6 is 15.9 Å². The number of likely N-dealkylation sites (N-methyl/N-ethyl adjacent to an activating group) is 1. The minimum atomic E-state index is 0.550. The molecule has 0 fully saturated rings. The van der Waals surface area contributed by atoms with Gasteiger partial charge in [0, 0.05) is 10.5 Å². The van der Waals surface area contributed by atoms with E-state index >= 15 is 0 Å². The smallest absolute Gasteiger partial charge is 0.0178 e. The van der Waals surface area contributed by atoms with Crippen molar-refractivity contribution in [2.45, 2.75) is 33.2 Å². The lowest BCUT2D eigenvalue weighted by atomic mass is 9.87. The van der Waals surface area contributed by atoms with E-state index in [-0.39, 0.29) is 0 Å². The van der Waals surface area contributed by atoms with E-state index in [1.165, 1.54) is 5.56 Å². The third kappa shape index (κ3) is 3.91. The molecule has 0 aliphatic carbocycles. The summed E-state index contributed by atoms with van der Waals surface area (Å²) >= 11 is 3.52. The lowest BCUT2D eigenvalue weighted by Gasteiger charge is -2.26. The Bertz CT molecular complexity index is 322. The Morgan fingerprint density at radius 2 is 1.94 bits per heavy atom. The van der Waals surface area contributed by atoms with Crippen molar-refractivity contribution in [1.82, 2.24) is 5.32 Å². The van der Waals surface area contributed by atoms with Gasteiger partial charge in [-0.2, -0.15) is 0 Å². The van der Waals surface area contributed by atoms with E-state index in [2.05, 4.69) is 73.3 Å². The van der Waals surface area contributed by atoms with E-state index in [1.807, 2.05) is 0 Å². The van der Waals surface area contributed by atoms with E-state index in [4.69, 9.17) is 0 Å². The summed E-state index contributed by atoms with van der Waals surface area (Å²) < 4.78 is 1.16. The molecule has 2 atom stereocenters. The van der Waals surface area contributed by atoms with Gasteiger partial charge >= 0.3 is 0 Å². The minimum Gasteiger partial charge on any atom is -0.316 e. The largest absolute Gasteiger partial charge is 0.316 e. The van der Waals surface area contributed by atoms with Crippen LogP contribution < -0.4 is 5.32 Å². The highest BCUT2D eigenvalue weighted by Gasteiger charge is 2.18. The van der Waals surface area contributed by atoms with Crippen LogP contribution in [0.15, 0.2) is 28.7 Å². The molecule has 2 unspecified atom stereocenters. The Kier molecular flexibility index (Phi) is 5.50. The van der Waals surface area contributed by atoms with E-state index < -0.39 is 0 Å². The average Bonchev–Trinajstić information content (AvgIpc) is 2.25. The molecule has 0 radical (unpaired) electrons. The number of benzene rings is 1. The Morgan fingerprint density at radius 3 is 2.44 bits per heavy atom. The van der Waals surface area contributed by atoms with Crippen molar-refractivity contribution in [2.75, 3.05) is 7.05 Å². The molecule has 0 saturated carbocycles. The molecule has 0 spiro atoms. The molecule has 1 aromatic carbocycles. The first-order valence-electron chi connectivity index (χ1n) is 5.96. The van der Waals surface area contributed by atoms with Crippen molar-refractivity contribution in [1.29, 1.82) is 0 Å². The summed E-state index contributed by atoms with van der Waals surface area (Å²) in [5, 5.41) is 3.44. The van der Waals surface area contributed by atoms with Gasteiger partial charge in [-0.15, -0.1) is 0 Å². The second-order valence-electron chi connectivity index (χ2n) is 4.83. The second kappa shape index (κ2) is 6.41. The molecule has 0 aliphatic heterocycles. The van der Waals surface area contributed by atoms with Gasteiger partial charge in [0.25, 0.3) is 0 Å². The van der Waals surface area contributed by atoms with Crippen molar-refractivity contribution in [3.8, 4) is 0 Å². The lowest BCUT2D eigenvalue weighted by Crippen LogP contribution is -2.36. The zero-order valence-corrected chi connectivity index (χ0v) is 12.2. The first-order chi connectivity index (χ1) is 7.54. The summed E-state index contributed by atoms with van der Waals surface area (Å²) in [4.78, 5) is 0. The van der Waals surface area contributed by atoms with Crippen molar-refractivity contribution in [2.24, 2.45) is 11.8 Å². The topological polar surface area (TPSA) is 12.0 Å². The highest BCUT2D eigenvalue weighted by Crippen LogP contribution is 2.19. The normalized spacial score (nSPS) is 15.1. The molecule has 0 aliphatic rings. The fourth-order valence-electron chi connectivity index (χ4n) is 1.93. The van der Waals surface area contributed by atoms with Crippen LogP contribution in [0.25, 0.3) is 0 Å². The maximum Gasteiger partial charge on any atom is 0.0178 e. The summed E-state index contributed by atoms with van der Waals surface area (Å²) in [6.07, 6.45) is 1.09. The first kappa shape index (κ1) is 13.7. The van der Waals surface area contributed by atoms with Crippen LogP contribution in [0.5, 0.6) is 0 Å². The van der Waals surface area contributed by atoms with Gasteiger partial charge in [-0.05, 0) is 43.0 Å². The Morgan fingerprint density at radius 1 is 1.25 bits per heavy atom. The lowest BCUT2D eigenvalue weighted by molar-refractivity contribution is 0.310. The average molecular weight is 284 g/mol. The molecule has 0 amide bonds. The second-order valence-corrected chi connectivity index (χ2v) is 5.75. The molecule has 0 heterocycles. The van der Waals surface area contributed by atoms with E-state index in [0.29, 0.717) is 17.9 Å². The Hall–Kier alpha value is -0.340. The van der Waals surface area contributed by atoms with Gasteiger partial charge in [0.05, 0.1) is 0 Å². The van der Waals surface area contributed by atoms with Gasteiger partial charge in [0.15, 0.2) is 0 Å². The molecule has 1 N–H and O–H groups in total. The van der Waals surface area contributed by atoms with Gasteiger partial charge < -0.3 is 5.32 Å². The summed E-state index contributed by atoms with van der Waals surface area (Å²) in [5.74, 6) is 1.40. The summed E-state index contributed by atoms with van der Waals surface area (Å²) in [5.41, 5.74) is 1.39. The molecule has 0 aromatic heterocycles. The third-order valence-corrected chi connectivity index (χ3v) is 3.89. The first-order valence-corrected chi connectivity index (χ1v) is 6.75. The van der Waals surface area contributed by atoms with Crippen molar-refractivity contribution >= 4 is 15.9 Å². The van der Waals surface area contributed by atoms with Crippen LogP contribution in [0.4, 0.5) is 0 Å². The highest BCUT2D eigenvalue weighted by molar-refractivity contribution is 9.10. The molecule has 16 heavy (non-hydrogen) atoms. The zero-order chi connectivity index (χ0) is 12.1. The van der Waals surface area contributed by atoms with E-state index in [9.17, 15) is 0 Å². The van der Waals surface area contributed by atoms with Crippen LogP contribution in [0.3, 0.4) is 0 Å². The Balaban J connectivity index is 2.70. The van der Waals surface area contributed by atoms with Gasteiger partial charge in [0.1, 0.15) is 0 Å². The quantitative estimate of drug-likeness (QED) is 0.865. The zero-order valence-electron chi connectivity index (χ0n) is 10.6. The van der Waals surface area contributed by atoms with Crippen LogP contribution in [0.2, 0.25) is 0 Å². The van der Waals surface area contributed by atoms with Crippen LogP contribution in [0.1, 0.15) is 26.3 Å². The molecule has 0 bridgehead atoms. The van der Waals surface area contributed by atoms with Gasteiger partial charge in [-0.3, -0.25) is 0 Å².